The van der Waals surface area contributed by atoms with Crippen LogP contribution in [0.1, 0.15) is 61.7 Å². The van der Waals surface area contributed by atoms with Gasteiger partial charge in [0.2, 0.25) is 0 Å². The largest absolute Gasteiger partial charge is 0.374 e. The van der Waals surface area contributed by atoms with E-state index >= 15 is 0 Å². The normalized spacial score (nSPS) is 14.0. The molecule has 1 atom stereocenters. The Morgan fingerprint density at radius 2 is 0.773 bits per heavy atom. The molecule has 12 aromatic carbocycles. The smallest absolute Gasteiger partial charge is 0.333 e. The van der Waals surface area contributed by atoms with Gasteiger partial charge in [-0.2, -0.15) is 0 Å². The summed E-state index contributed by atoms with van der Waals surface area (Å²) in [5, 5.41) is 7.74. The summed E-state index contributed by atoms with van der Waals surface area (Å²) >= 11 is 0. The summed E-state index contributed by atoms with van der Waals surface area (Å²) in [7, 11) is 0. The van der Waals surface area contributed by atoms with Gasteiger partial charge in [-0.25, -0.2) is 0 Å². The number of benzene rings is 12. The van der Waals surface area contributed by atoms with Crippen molar-refractivity contribution in [3.05, 3.63) is 262 Å². The van der Waals surface area contributed by atoms with Gasteiger partial charge in [0.15, 0.2) is 0 Å². The van der Waals surface area contributed by atoms with Crippen LogP contribution in [0.15, 0.2) is 206 Å². The highest BCUT2D eigenvalue weighted by molar-refractivity contribution is 6.90. The number of aryl methyl sites for hydroxylation is 8. The zero-order chi connectivity index (χ0) is 58.6. The Labute approximate surface area is 510 Å². The van der Waals surface area contributed by atoms with Crippen molar-refractivity contribution in [2.75, 3.05) is 0 Å². The molecule has 4 aromatic heterocycles. The van der Waals surface area contributed by atoms with Crippen molar-refractivity contribution in [2.24, 2.45) is 0 Å². The molecule has 16 aromatic rings. The first-order valence-corrected chi connectivity index (χ1v) is 31.4. The second kappa shape index (κ2) is 16.8. The van der Waals surface area contributed by atoms with Gasteiger partial charge in [-0.05, 0) is 199 Å². The van der Waals surface area contributed by atoms with Gasteiger partial charge in [0.25, 0.3) is 0 Å². The van der Waals surface area contributed by atoms with Crippen LogP contribution >= 0.6 is 0 Å². The van der Waals surface area contributed by atoms with Crippen LogP contribution in [0.4, 0.5) is 0 Å². The average molecular weight is 1120 g/mol. The first-order chi connectivity index (χ1) is 42.9. The molecule has 0 bridgehead atoms. The lowest BCUT2D eigenvalue weighted by Gasteiger charge is -2.36. The quantitative estimate of drug-likeness (QED) is 0.157. The minimum atomic E-state index is -0.134. The third kappa shape index (κ3) is 6.06. The minimum Gasteiger partial charge on any atom is -0.374 e. The van der Waals surface area contributed by atoms with Crippen molar-refractivity contribution < 1.29 is 0 Å². The lowest BCUT2D eigenvalue weighted by Crippen LogP contribution is -2.55. The van der Waals surface area contributed by atoms with Crippen LogP contribution < -0.4 is 10.9 Å². The molecule has 4 nitrogen and oxygen atoms in total. The first-order valence-electron chi connectivity index (χ1n) is 31.4. The van der Waals surface area contributed by atoms with Gasteiger partial charge in [0.1, 0.15) is 0 Å². The van der Waals surface area contributed by atoms with Crippen molar-refractivity contribution in [1.29, 1.82) is 0 Å². The zero-order valence-corrected chi connectivity index (χ0v) is 50.6. The summed E-state index contributed by atoms with van der Waals surface area (Å²) in [4.78, 5) is 0. The molecule has 88 heavy (non-hydrogen) atoms. The minimum absolute atomic E-state index is 0.134. The number of nitrogens with zero attached hydrogens (tertiary/aromatic N) is 4. The highest BCUT2D eigenvalue weighted by Gasteiger charge is 2.45. The number of hydrogen-bond acceptors (Lipinski definition) is 0. The van der Waals surface area contributed by atoms with E-state index in [0.29, 0.717) is 0 Å². The molecule has 4 aliphatic rings. The first kappa shape index (κ1) is 48.8. The van der Waals surface area contributed by atoms with Gasteiger partial charge in [0, 0.05) is 65.8 Å². The van der Waals surface area contributed by atoms with Crippen LogP contribution in [0.25, 0.3) is 155 Å². The molecule has 0 spiro atoms. The van der Waals surface area contributed by atoms with Crippen LogP contribution in [0.3, 0.4) is 0 Å². The highest BCUT2D eigenvalue weighted by Crippen LogP contribution is 2.58. The molecule has 414 valence electrons. The molecule has 0 amide bonds. The van der Waals surface area contributed by atoms with Crippen molar-refractivity contribution in [1.82, 2.24) is 18.2 Å². The highest BCUT2D eigenvalue weighted by atomic mass is 15.1. The Kier molecular flexibility index (Phi) is 9.31. The maximum Gasteiger partial charge on any atom is 0.333 e. The Morgan fingerprint density at radius 1 is 0.307 bits per heavy atom. The van der Waals surface area contributed by atoms with E-state index in [0.717, 1.165) is 0 Å². The molecule has 0 radical (unpaired) electrons. The number of fused-ring (bicyclic) bond motifs is 19. The second-order valence-corrected chi connectivity index (χ2v) is 26.5. The molecule has 0 saturated carbocycles. The molecule has 0 N–H and O–H groups in total. The maximum absolute atomic E-state index is 2.84. The number of hydrogen-bond donors (Lipinski definition) is 0. The van der Waals surface area contributed by atoms with Gasteiger partial charge in [-0.15, -0.1) is 0 Å². The maximum atomic E-state index is 2.84. The van der Waals surface area contributed by atoms with E-state index in [2.05, 4.69) is 280 Å². The summed E-state index contributed by atoms with van der Waals surface area (Å²) in [6, 6.07) is 81.0. The monoisotopic (exact) mass is 1120 g/mol. The second-order valence-electron chi connectivity index (χ2n) is 26.5. The lowest BCUT2D eigenvalue weighted by atomic mass is 9.45. The third-order valence-electron chi connectivity index (χ3n) is 21.2. The molecule has 20 rings (SSSR count). The number of rotatable bonds is 4. The van der Waals surface area contributed by atoms with E-state index in [1.807, 2.05) is 0 Å². The molecule has 4 aliphatic heterocycles. The van der Waals surface area contributed by atoms with Gasteiger partial charge >= 0.3 is 6.85 Å². The molecule has 1 unspecified atom stereocenters. The summed E-state index contributed by atoms with van der Waals surface area (Å²) in [6.07, 6.45) is 0. The van der Waals surface area contributed by atoms with E-state index in [9.17, 15) is 0 Å². The van der Waals surface area contributed by atoms with Crippen LogP contribution in [0.2, 0.25) is 0 Å². The van der Waals surface area contributed by atoms with Gasteiger partial charge in [-0.1, -0.05) is 174 Å². The number of para-hydroxylation sites is 2. The predicted molar refractivity (Wildman–Crippen MR) is 372 cm³/mol. The van der Waals surface area contributed by atoms with Crippen molar-refractivity contribution in [2.45, 2.75) is 61.4 Å². The fraction of sp³-hybridized carbons (Fsp3) is 0.108. The molecule has 0 saturated heterocycles. The van der Waals surface area contributed by atoms with Gasteiger partial charge < -0.3 is 18.2 Å². The van der Waals surface area contributed by atoms with Crippen LogP contribution in [-0.4, -0.2) is 25.0 Å². The summed E-state index contributed by atoms with van der Waals surface area (Å²) in [5.41, 5.74) is 43.8. The van der Waals surface area contributed by atoms with E-state index in [-0.39, 0.29) is 12.9 Å². The van der Waals surface area contributed by atoms with E-state index in [1.54, 1.807) is 0 Å². The molecule has 0 fully saturated rings. The molecule has 8 heterocycles. The Balaban J connectivity index is 0.924. The summed E-state index contributed by atoms with van der Waals surface area (Å²) < 4.78 is 10.9. The van der Waals surface area contributed by atoms with Gasteiger partial charge in [-0.3, -0.25) is 0 Å². The van der Waals surface area contributed by atoms with Crippen LogP contribution in [0.5, 0.6) is 0 Å². The van der Waals surface area contributed by atoms with E-state index in [4.69, 9.17) is 0 Å². The summed E-state index contributed by atoms with van der Waals surface area (Å²) in [5.74, 6) is 0. The standard InChI is InChI=1S/C83H59BN4/c1-43-21-25-47(5)61(33-43)51-29-31-71-65(37-51)67-39-53(63-35-45(3)23-27-49(63)7)41-69-78(67)85(71)73-19-11-13-55-57-15-9-17-59-77(57)87(81(69)75(55)73)82-60-18-10-16-58-56-14-12-20-74-76(56)84(88(79(58)60)83(59)82)70-42-54(64-36-46(4)24-28-50(64)8)40-68-66-38-52(30-32-72(66)86(74)80(68)70)62-34-44(2)22-26-48(62)6/h9-42,81H,1-8H3. The van der Waals surface area contributed by atoms with Crippen LogP contribution in [0, 0.1) is 55.4 Å². The Hall–Kier alpha value is -10.4. The molecular weight excluding hydrogens is 1060 g/mol. The molecule has 5 heteroatoms. The van der Waals surface area contributed by atoms with Crippen molar-refractivity contribution >= 4 is 94.2 Å². The fourth-order valence-corrected chi connectivity index (χ4v) is 17.4. The Bertz CT molecular complexity index is 5620. The summed E-state index contributed by atoms with van der Waals surface area (Å²) in [6.45, 7) is 17.8. The third-order valence-corrected chi connectivity index (χ3v) is 21.2. The topological polar surface area (TPSA) is 19.7 Å². The predicted octanol–water partition coefficient (Wildman–Crippen LogP) is 20.0. The molecular formula is C83H59BN4. The lowest BCUT2D eigenvalue weighted by molar-refractivity contribution is 0.711. The number of aromatic nitrogens is 4. The fourth-order valence-electron chi connectivity index (χ4n) is 17.4. The Morgan fingerprint density at radius 3 is 1.36 bits per heavy atom. The zero-order valence-electron chi connectivity index (χ0n) is 50.6. The van der Waals surface area contributed by atoms with E-state index in [1.165, 1.54) is 221 Å². The van der Waals surface area contributed by atoms with E-state index < -0.39 is 0 Å². The average Bonchev–Trinajstić information content (AvgIpc) is 1.48. The van der Waals surface area contributed by atoms with Crippen molar-refractivity contribution in [3.63, 3.8) is 0 Å². The molecule has 0 aliphatic carbocycles. The SMILES string of the molecule is Cc1ccc(C)c(-c2ccc3c(c2)c2cc(-c4cc(C)ccc4C)cc4c2n3-c2cccc3c2B4n2c4c-3cccc4c3c2c2cccc4c2n3C2c3c-4cccc3-n3c4ccc(-c5cc(C)ccc5C)cc4c4cc(-c5cc(C)ccc5C)cc2c43)c1. The van der Waals surface area contributed by atoms with Gasteiger partial charge in [0.05, 0.1) is 50.3 Å². The van der Waals surface area contributed by atoms with Crippen LogP contribution in [-0.2, 0) is 0 Å². The van der Waals surface area contributed by atoms with Crippen molar-refractivity contribution in [3.8, 4) is 78.1 Å².